The Morgan fingerprint density at radius 3 is 1.86 bits per heavy atom. The third-order valence-corrected chi connectivity index (χ3v) is 2.84. The van der Waals surface area contributed by atoms with Gasteiger partial charge < -0.3 is 0 Å². The van der Waals surface area contributed by atoms with Crippen molar-refractivity contribution >= 4 is 11.3 Å². The topological polar surface area (TPSA) is 12.9 Å². The Kier molecular flexibility index (Phi) is 9.16. The number of nitrogens with zero attached hydrogens (tertiary/aromatic N) is 1. The number of hydrogen-bond acceptors (Lipinski definition) is 2. The maximum Gasteiger partial charge on any atom is 0.0797 e. The molecule has 2 heteroatoms. The fourth-order valence-electron chi connectivity index (χ4n) is 1.13. The van der Waals surface area contributed by atoms with Crippen molar-refractivity contribution in [2.45, 2.75) is 60.8 Å². The van der Waals surface area contributed by atoms with Crippen LogP contribution < -0.4 is 0 Å². The summed E-state index contributed by atoms with van der Waals surface area (Å²) in [5.41, 5.74) is 3.23. The summed E-state index contributed by atoms with van der Waals surface area (Å²) >= 11 is 1.77. The first kappa shape index (κ1) is 16.1. The third kappa shape index (κ3) is 4.23. The summed E-state index contributed by atoms with van der Waals surface area (Å²) < 4.78 is 0. The van der Waals surface area contributed by atoms with Crippen LogP contribution in [0.2, 0.25) is 0 Å². The van der Waals surface area contributed by atoms with Gasteiger partial charge in [0.05, 0.1) is 11.2 Å². The van der Waals surface area contributed by atoms with Gasteiger partial charge in [-0.3, -0.25) is 0 Å². The zero-order valence-electron chi connectivity index (χ0n) is 9.59. The van der Waals surface area contributed by atoms with Crippen LogP contribution in [-0.4, -0.2) is 4.98 Å². The van der Waals surface area contributed by atoms with Crippen LogP contribution in [0.15, 0.2) is 5.51 Å². The SMILES string of the molecule is C.CC.CC(C)c1ncsc1C(C)C. The zero-order chi connectivity index (χ0) is 10.4. The molecule has 1 aromatic heterocycles. The first-order valence-electron chi connectivity index (χ1n) is 5.06. The predicted octanol–water partition coefficient (Wildman–Crippen LogP) is 5.05. The van der Waals surface area contributed by atoms with Gasteiger partial charge in [0.1, 0.15) is 0 Å². The fraction of sp³-hybridized carbons (Fsp3) is 0.750. The van der Waals surface area contributed by atoms with Crippen molar-refractivity contribution < 1.29 is 0 Å². The maximum absolute atomic E-state index is 4.36. The second-order valence-electron chi connectivity index (χ2n) is 3.41. The average molecular weight is 215 g/mol. The van der Waals surface area contributed by atoms with Crippen molar-refractivity contribution in [3.8, 4) is 0 Å². The molecule has 0 aliphatic rings. The monoisotopic (exact) mass is 215 g/mol. The molecule has 0 spiro atoms. The average Bonchev–Trinajstić information content (AvgIpc) is 2.55. The lowest BCUT2D eigenvalue weighted by atomic mass is 10.0. The summed E-state index contributed by atoms with van der Waals surface area (Å²) in [6.07, 6.45) is 0. The molecule has 1 heterocycles. The van der Waals surface area contributed by atoms with E-state index in [0.29, 0.717) is 11.8 Å². The molecule has 1 aromatic rings. The highest BCUT2D eigenvalue weighted by atomic mass is 32.1. The second-order valence-corrected chi connectivity index (χ2v) is 4.30. The quantitative estimate of drug-likeness (QED) is 0.672. The van der Waals surface area contributed by atoms with E-state index in [1.807, 2.05) is 19.4 Å². The highest BCUT2D eigenvalue weighted by Gasteiger charge is 2.11. The second kappa shape index (κ2) is 7.98. The summed E-state index contributed by atoms with van der Waals surface area (Å²) in [6.45, 7) is 12.8. The van der Waals surface area contributed by atoms with E-state index in [1.165, 1.54) is 10.6 Å². The first-order chi connectivity index (χ1) is 6.13. The van der Waals surface area contributed by atoms with E-state index in [2.05, 4.69) is 32.7 Å². The van der Waals surface area contributed by atoms with Crippen LogP contribution in [0.25, 0.3) is 0 Å². The van der Waals surface area contributed by atoms with E-state index in [1.54, 1.807) is 11.3 Å². The first-order valence-corrected chi connectivity index (χ1v) is 5.94. The summed E-state index contributed by atoms with van der Waals surface area (Å²) in [7, 11) is 0. The van der Waals surface area contributed by atoms with E-state index < -0.39 is 0 Å². The van der Waals surface area contributed by atoms with Gasteiger partial charge in [-0.2, -0.15) is 0 Å². The van der Waals surface area contributed by atoms with Crippen LogP contribution in [0.1, 0.15) is 71.4 Å². The summed E-state index contributed by atoms with van der Waals surface area (Å²) in [5.74, 6) is 1.19. The van der Waals surface area contributed by atoms with Crippen LogP contribution in [0.3, 0.4) is 0 Å². The Morgan fingerprint density at radius 2 is 1.57 bits per heavy atom. The molecule has 0 N–H and O–H groups in total. The fourth-order valence-corrected chi connectivity index (χ4v) is 2.09. The Morgan fingerprint density at radius 1 is 1.07 bits per heavy atom. The van der Waals surface area contributed by atoms with E-state index in [9.17, 15) is 0 Å². The van der Waals surface area contributed by atoms with Crippen molar-refractivity contribution in [2.75, 3.05) is 0 Å². The molecule has 0 aromatic carbocycles. The van der Waals surface area contributed by atoms with Gasteiger partial charge in [0, 0.05) is 4.88 Å². The largest absolute Gasteiger partial charge is 0.249 e. The molecule has 14 heavy (non-hydrogen) atoms. The van der Waals surface area contributed by atoms with Gasteiger partial charge in [-0.1, -0.05) is 49.0 Å². The maximum atomic E-state index is 4.36. The molecular weight excluding hydrogens is 190 g/mol. The minimum atomic E-state index is 0. The molecule has 0 atom stereocenters. The Balaban J connectivity index is 0. The molecule has 0 aliphatic carbocycles. The van der Waals surface area contributed by atoms with Crippen molar-refractivity contribution in [3.63, 3.8) is 0 Å². The van der Waals surface area contributed by atoms with Crippen molar-refractivity contribution in [1.82, 2.24) is 4.98 Å². The predicted molar refractivity (Wildman–Crippen MR) is 68.4 cm³/mol. The highest BCUT2D eigenvalue weighted by Crippen LogP contribution is 2.28. The van der Waals surface area contributed by atoms with Gasteiger partial charge >= 0.3 is 0 Å². The Labute approximate surface area is 93.6 Å². The molecule has 84 valence electrons. The molecule has 1 nitrogen and oxygen atoms in total. The molecule has 0 aliphatic heterocycles. The summed E-state index contributed by atoms with van der Waals surface area (Å²) in [4.78, 5) is 5.80. The van der Waals surface area contributed by atoms with Crippen molar-refractivity contribution in [3.05, 3.63) is 16.1 Å². The molecule has 0 saturated carbocycles. The van der Waals surface area contributed by atoms with E-state index in [4.69, 9.17) is 0 Å². The van der Waals surface area contributed by atoms with Crippen LogP contribution in [0.5, 0.6) is 0 Å². The molecule has 0 bridgehead atoms. The minimum Gasteiger partial charge on any atom is -0.249 e. The number of rotatable bonds is 2. The standard InChI is InChI=1S/C9H15NS.C2H6.CH4/c1-6(2)8-9(7(3)4)11-5-10-8;1-2;/h5-7H,1-4H3;1-2H3;1H4. The van der Waals surface area contributed by atoms with Crippen LogP contribution in [0.4, 0.5) is 0 Å². The van der Waals surface area contributed by atoms with E-state index in [0.717, 1.165) is 0 Å². The smallest absolute Gasteiger partial charge is 0.0797 e. The zero-order valence-corrected chi connectivity index (χ0v) is 10.4. The van der Waals surface area contributed by atoms with Crippen LogP contribution >= 0.6 is 11.3 Å². The lowest BCUT2D eigenvalue weighted by Crippen LogP contribution is -1.94. The van der Waals surface area contributed by atoms with Gasteiger partial charge in [0.25, 0.3) is 0 Å². The summed E-state index contributed by atoms with van der Waals surface area (Å²) in [6, 6.07) is 0. The van der Waals surface area contributed by atoms with E-state index >= 15 is 0 Å². The van der Waals surface area contributed by atoms with Gasteiger partial charge in [-0.05, 0) is 11.8 Å². The molecule has 1 rings (SSSR count). The van der Waals surface area contributed by atoms with Crippen molar-refractivity contribution in [2.24, 2.45) is 0 Å². The van der Waals surface area contributed by atoms with Gasteiger partial charge in [-0.25, -0.2) is 4.98 Å². The molecule has 0 radical (unpaired) electrons. The van der Waals surface area contributed by atoms with Gasteiger partial charge in [0.2, 0.25) is 0 Å². The van der Waals surface area contributed by atoms with Crippen LogP contribution in [0, 0.1) is 0 Å². The molecular formula is C12H25NS. The highest BCUT2D eigenvalue weighted by molar-refractivity contribution is 7.09. The summed E-state index contributed by atoms with van der Waals surface area (Å²) in [5, 5.41) is 0. The Hall–Kier alpha value is -0.370. The lowest BCUT2D eigenvalue weighted by Gasteiger charge is -2.07. The van der Waals surface area contributed by atoms with Crippen molar-refractivity contribution in [1.29, 1.82) is 0 Å². The number of hydrogen-bond donors (Lipinski definition) is 0. The van der Waals surface area contributed by atoms with Gasteiger partial charge in [0.15, 0.2) is 0 Å². The number of thiazole rings is 1. The molecule has 0 amide bonds. The Bertz CT molecular complexity index is 203. The van der Waals surface area contributed by atoms with Gasteiger partial charge in [-0.15, -0.1) is 11.3 Å². The van der Waals surface area contributed by atoms with E-state index in [-0.39, 0.29) is 7.43 Å². The molecule has 0 saturated heterocycles. The lowest BCUT2D eigenvalue weighted by molar-refractivity contribution is 0.781. The minimum absolute atomic E-state index is 0. The normalized spacial score (nSPS) is 9.43. The molecule has 0 fully saturated rings. The molecule has 0 unspecified atom stereocenters. The third-order valence-electron chi connectivity index (χ3n) is 1.70. The number of aromatic nitrogens is 1. The van der Waals surface area contributed by atoms with Crippen LogP contribution in [-0.2, 0) is 0 Å².